The summed E-state index contributed by atoms with van der Waals surface area (Å²) < 4.78 is 5.83. The highest BCUT2D eigenvalue weighted by molar-refractivity contribution is 5.87. The predicted molar refractivity (Wildman–Crippen MR) is 128 cm³/mol. The number of allylic oxidation sites excluding steroid dienone is 1. The van der Waals surface area contributed by atoms with Crippen LogP contribution in [-0.4, -0.2) is 32.9 Å². The Morgan fingerprint density at radius 1 is 1.09 bits per heavy atom. The minimum atomic E-state index is 0.418. The molecule has 5 rings (SSSR count). The van der Waals surface area contributed by atoms with Gasteiger partial charge in [-0.05, 0) is 67.1 Å². The molecule has 0 amide bonds. The Labute approximate surface area is 192 Å². The van der Waals surface area contributed by atoms with Crippen molar-refractivity contribution in [3.8, 4) is 28.8 Å². The molecule has 0 saturated carbocycles. The van der Waals surface area contributed by atoms with Gasteiger partial charge in [-0.3, -0.25) is 0 Å². The van der Waals surface area contributed by atoms with Gasteiger partial charge in [-0.2, -0.15) is 5.26 Å². The van der Waals surface area contributed by atoms with Crippen molar-refractivity contribution in [3.05, 3.63) is 90.7 Å². The maximum absolute atomic E-state index is 9.07. The van der Waals surface area contributed by atoms with Crippen LogP contribution in [0.2, 0.25) is 0 Å². The second-order valence-electron chi connectivity index (χ2n) is 8.12. The summed E-state index contributed by atoms with van der Waals surface area (Å²) in [4.78, 5) is 15.7. The first-order chi connectivity index (χ1) is 16.2. The van der Waals surface area contributed by atoms with Crippen molar-refractivity contribution in [1.82, 2.24) is 19.9 Å². The number of nitriles is 1. The molecule has 1 fully saturated rings. The average Bonchev–Trinajstić information content (AvgIpc) is 3.32. The van der Waals surface area contributed by atoms with Crippen LogP contribution in [0.25, 0.3) is 22.0 Å². The van der Waals surface area contributed by atoms with Crippen LogP contribution in [0, 0.1) is 11.3 Å². The maximum atomic E-state index is 9.07. The second kappa shape index (κ2) is 9.09. The Morgan fingerprint density at radius 2 is 2.03 bits per heavy atom. The van der Waals surface area contributed by atoms with E-state index < -0.39 is 0 Å². The number of pyridine rings is 1. The molecular formula is C27H23N5O. The lowest BCUT2D eigenvalue weighted by Crippen LogP contribution is -2.12. The number of benzene rings is 2. The summed E-state index contributed by atoms with van der Waals surface area (Å²) in [5.74, 6) is 1.49. The number of ether oxygens (including phenoxy) is 1. The minimum Gasteiger partial charge on any atom is -0.439 e. The van der Waals surface area contributed by atoms with Crippen LogP contribution in [0.15, 0.2) is 79.5 Å². The van der Waals surface area contributed by atoms with E-state index in [9.17, 15) is 0 Å². The van der Waals surface area contributed by atoms with Crippen LogP contribution in [0.5, 0.6) is 11.6 Å². The van der Waals surface area contributed by atoms with Gasteiger partial charge in [-0.1, -0.05) is 12.1 Å². The first-order valence-electron chi connectivity index (χ1n) is 11.0. The Morgan fingerprint density at radius 3 is 2.85 bits per heavy atom. The van der Waals surface area contributed by atoms with E-state index in [0.717, 1.165) is 41.5 Å². The second-order valence-corrected chi connectivity index (χ2v) is 8.12. The normalized spacial score (nSPS) is 15.8. The van der Waals surface area contributed by atoms with Gasteiger partial charge in [0.25, 0.3) is 0 Å². The van der Waals surface area contributed by atoms with Gasteiger partial charge in [0.05, 0.1) is 17.1 Å². The first kappa shape index (κ1) is 20.7. The summed E-state index contributed by atoms with van der Waals surface area (Å²) in [5, 5.41) is 10.1. The minimum absolute atomic E-state index is 0.418. The Hall–Kier alpha value is -4.24. The highest BCUT2D eigenvalue weighted by Gasteiger charge is 2.24. The summed E-state index contributed by atoms with van der Waals surface area (Å²) in [6, 6.07) is 17.4. The molecule has 1 aliphatic rings. The van der Waals surface area contributed by atoms with Gasteiger partial charge in [-0.25, -0.2) is 15.0 Å². The van der Waals surface area contributed by atoms with Crippen molar-refractivity contribution >= 4 is 10.9 Å². The van der Waals surface area contributed by atoms with Gasteiger partial charge in [-0.15, -0.1) is 0 Å². The van der Waals surface area contributed by atoms with E-state index >= 15 is 0 Å². The van der Waals surface area contributed by atoms with Gasteiger partial charge in [0.2, 0.25) is 5.88 Å². The molecule has 33 heavy (non-hydrogen) atoms. The van der Waals surface area contributed by atoms with Crippen LogP contribution < -0.4 is 4.74 Å². The van der Waals surface area contributed by atoms with Gasteiger partial charge in [0, 0.05) is 48.4 Å². The van der Waals surface area contributed by atoms with Crippen molar-refractivity contribution in [3.63, 3.8) is 0 Å². The smallest absolute Gasteiger partial charge is 0.219 e. The number of fused-ring (bicyclic) bond motifs is 1. The molecule has 4 aromatic rings. The lowest BCUT2D eigenvalue weighted by molar-refractivity contribution is 0.460. The molecule has 1 aliphatic heterocycles. The van der Waals surface area contributed by atoms with Gasteiger partial charge < -0.3 is 9.64 Å². The molecule has 6 heteroatoms. The van der Waals surface area contributed by atoms with Gasteiger partial charge in [0.15, 0.2) is 0 Å². The quantitative estimate of drug-likeness (QED) is 0.403. The third kappa shape index (κ3) is 4.39. The van der Waals surface area contributed by atoms with Crippen LogP contribution in [0.1, 0.15) is 30.4 Å². The topological polar surface area (TPSA) is 74.9 Å². The Kier molecular flexibility index (Phi) is 5.69. The fraction of sp³-hybridized carbons (Fsp3) is 0.185. The molecule has 162 valence electrons. The Balaban J connectivity index is 1.45. The van der Waals surface area contributed by atoms with Crippen molar-refractivity contribution in [2.24, 2.45) is 0 Å². The lowest BCUT2D eigenvalue weighted by atomic mass is 9.92. The zero-order valence-electron chi connectivity index (χ0n) is 18.3. The van der Waals surface area contributed by atoms with E-state index in [-0.39, 0.29) is 0 Å². The average molecular weight is 434 g/mol. The van der Waals surface area contributed by atoms with Crippen LogP contribution >= 0.6 is 0 Å². The molecule has 0 spiro atoms. The van der Waals surface area contributed by atoms with Gasteiger partial charge in [0.1, 0.15) is 12.1 Å². The zero-order valence-corrected chi connectivity index (χ0v) is 18.3. The first-order valence-corrected chi connectivity index (χ1v) is 11.0. The van der Waals surface area contributed by atoms with E-state index in [4.69, 9.17) is 10.00 Å². The molecule has 1 atom stereocenters. The largest absolute Gasteiger partial charge is 0.439 e. The monoisotopic (exact) mass is 433 g/mol. The number of rotatable bonds is 5. The number of aromatic nitrogens is 3. The molecule has 1 saturated heterocycles. The molecule has 6 nitrogen and oxygen atoms in total. The number of likely N-dealkylation sites (tertiary alicyclic amines) is 1. The number of hydrogen-bond acceptors (Lipinski definition) is 6. The third-order valence-electron chi connectivity index (χ3n) is 5.91. The molecule has 2 aromatic carbocycles. The molecular weight excluding hydrogens is 410 g/mol. The molecule has 3 heterocycles. The highest BCUT2D eigenvalue weighted by Crippen LogP contribution is 2.35. The Bertz CT molecular complexity index is 1360. The summed E-state index contributed by atoms with van der Waals surface area (Å²) in [6.45, 7) is 4.09. The molecule has 0 radical (unpaired) electrons. The molecule has 2 aromatic heterocycles. The summed E-state index contributed by atoms with van der Waals surface area (Å²) in [5.41, 5.74) is 4.91. The van der Waals surface area contributed by atoms with E-state index in [1.54, 1.807) is 24.5 Å². The molecule has 0 N–H and O–H groups in total. The van der Waals surface area contributed by atoms with E-state index in [0.29, 0.717) is 23.1 Å². The lowest BCUT2D eigenvalue weighted by Gasteiger charge is -2.16. The van der Waals surface area contributed by atoms with Crippen molar-refractivity contribution in [1.29, 1.82) is 5.26 Å². The summed E-state index contributed by atoms with van der Waals surface area (Å²) in [7, 11) is 0. The van der Waals surface area contributed by atoms with Crippen LogP contribution in [0.4, 0.5) is 0 Å². The summed E-state index contributed by atoms with van der Waals surface area (Å²) >= 11 is 0. The fourth-order valence-electron chi connectivity index (χ4n) is 4.36. The van der Waals surface area contributed by atoms with Gasteiger partial charge >= 0.3 is 0 Å². The number of hydrogen-bond donors (Lipinski definition) is 0. The zero-order chi connectivity index (χ0) is 22.6. The SMILES string of the molecule is CC=CN1CCC(c2cc(-c3ccc(Oc4cccc(C#N)c4)nc3)cc3cncnc23)C1. The fourth-order valence-corrected chi connectivity index (χ4v) is 4.36. The standard InChI is InChI=1S/C27H23N5O/c1-2-9-32-10-8-21(17-32)25-13-22(12-23-15-29-18-31-27(23)25)20-6-7-26(30-16-20)33-24-5-3-4-19(11-24)14-28/h2-7,9,11-13,15-16,18,21H,8,10,17H2,1H3. The third-order valence-corrected chi connectivity index (χ3v) is 5.91. The van der Waals surface area contributed by atoms with E-state index in [1.165, 1.54) is 5.56 Å². The van der Waals surface area contributed by atoms with Crippen molar-refractivity contribution in [2.45, 2.75) is 19.3 Å². The van der Waals surface area contributed by atoms with Crippen molar-refractivity contribution < 1.29 is 4.74 Å². The molecule has 0 bridgehead atoms. The van der Waals surface area contributed by atoms with E-state index in [2.05, 4.69) is 57.3 Å². The highest BCUT2D eigenvalue weighted by atomic mass is 16.5. The van der Waals surface area contributed by atoms with Crippen LogP contribution in [-0.2, 0) is 0 Å². The predicted octanol–water partition coefficient (Wildman–Crippen LogP) is 5.68. The van der Waals surface area contributed by atoms with Crippen molar-refractivity contribution in [2.75, 3.05) is 13.1 Å². The molecule has 1 unspecified atom stereocenters. The molecule has 0 aliphatic carbocycles. The van der Waals surface area contributed by atoms with E-state index in [1.807, 2.05) is 30.6 Å². The maximum Gasteiger partial charge on any atom is 0.219 e. The van der Waals surface area contributed by atoms with Crippen LogP contribution in [0.3, 0.4) is 0 Å². The summed E-state index contributed by atoms with van der Waals surface area (Å²) in [6.07, 6.45) is 10.7. The number of nitrogens with zero attached hydrogens (tertiary/aromatic N) is 5.